The largest absolute Gasteiger partial charge is 0.399 e. The van der Waals surface area contributed by atoms with E-state index in [4.69, 9.17) is 11.5 Å². The highest BCUT2D eigenvalue weighted by Gasteiger charge is 2.19. The van der Waals surface area contributed by atoms with Crippen LogP contribution in [0.1, 0.15) is 37.0 Å². The Morgan fingerprint density at radius 1 is 1.29 bits per heavy atom. The molecule has 0 spiro atoms. The Morgan fingerprint density at radius 2 is 1.88 bits per heavy atom. The molecule has 17 heavy (non-hydrogen) atoms. The van der Waals surface area contributed by atoms with Gasteiger partial charge >= 0.3 is 0 Å². The van der Waals surface area contributed by atoms with Gasteiger partial charge in [-0.05, 0) is 31.0 Å². The highest BCUT2D eigenvalue weighted by molar-refractivity contribution is 5.99. The van der Waals surface area contributed by atoms with Crippen molar-refractivity contribution < 1.29 is 4.79 Å². The van der Waals surface area contributed by atoms with Gasteiger partial charge in [-0.3, -0.25) is 4.79 Å². The van der Waals surface area contributed by atoms with E-state index >= 15 is 0 Å². The number of rotatable bonds is 4. The molecule has 0 fully saturated rings. The zero-order chi connectivity index (χ0) is 13.0. The second-order valence-corrected chi connectivity index (χ2v) is 4.23. The van der Waals surface area contributed by atoms with Gasteiger partial charge in [0, 0.05) is 24.5 Å². The van der Waals surface area contributed by atoms with Gasteiger partial charge in [0.05, 0.1) is 5.56 Å². The Kier molecular flexibility index (Phi) is 4.37. The first-order valence-corrected chi connectivity index (χ1v) is 5.93. The van der Waals surface area contributed by atoms with E-state index in [1.807, 2.05) is 7.05 Å². The number of hydrogen-bond donors (Lipinski definition) is 2. The quantitative estimate of drug-likeness (QED) is 0.785. The van der Waals surface area contributed by atoms with E-state index in [0.29, 0.717) is 16.9 Å². The zero-order valence-electron chi connectivity index (χ0n) is 10.7. The Bertz CT molecular complexity index is 400. The van der Waals surface area contributed by atoms with E-state index in [-0.39, 0.29) is 11.9 Å². The maximum absolute atomic E-state index is 12.2. The third-order valence-electron chi connectivity index (χ3n) is 3.12. The molecule has 4 nitrogen and oxygen atoms in total. The first kappa shape index (κ1) is 13.4. The van der Waals surface area contributed by atoms with Crippen molar-refractivity contribution in [2.75, 3.05) is 18.5 Å². The molecule has 0 radical (unpaired) electrons. The predicted octanol–water partition coefficient (Wildman–Crippen LogP) is 2.11. The summed E-state index contributed by atoms with van der Waals surface area (Å²) in [5, 5.41) is 0. The highest BCUT2D eigenvalue weighted by Crippen LogP contribution is 2.19. The third kappa shape index (κ3) is 2.90. The normalized spacial score (nSPS) is 10.6. The summed E-state index contributed by atoms with van der Waals surface area (Å²) in [5.74, 6) is -0.0452. The number of anilines is 2. The first-order valence-electron chi connectivity index (χ1n) is 5.93. The van der Waals surface area contributed by atoms with Crippen molar-refractivity contribution in [2.24, 2.45) is 0 Å². The monoisotopic (exact) mass is 235 g/mol. The van der Waals surface area contributed by atoms with Gasteiger partial charge in [-0.25, -0.2) is 0 Å². The van der Waals surface area contributed by atoms with Crippen molar-refractivity contribution in [1.29, 1.82) is 0 Å². The number of nitrogen functional groups attached to an aromatic ring is 2. The molecular formula is C13H21N3O. The van der Waals surface area contributed by atoms with E-state index in [1.54, 1.807) is 23.1 Å². The molecule has 0 bridgehead atoms. The van der Waals surface area contributed by atoms with Crippen LogP contribution in [0.25, 0.3) is 0 Å². The fourth-order valence-corrected chi connectivity index (χ4v) is 1.97. The van der Waals surface area contributed by atoms with E-state index in [2.05, 4.69) is 13.8 Å². The van der Waals surface area contributed by atoms with Gasteiger partial charge in [-0.1, -0.05) is 13.8 Å². The van der Waals surface area contributed by atoms with Crippen LogP contribution in [0, 0.1) is 0 Å². The van der Waals surface area contributed by atoms with Crippen molar-refractivity contribution in [3.05, 3.63) is 23.8 Å². The van der Waals surface area contributed by atoms with Gasteiger partial charge in [0.2, 0.25) is 0 Å². The van der Waals surface area contributed by atoms with E-state index in [1.165, 1.54) is 0 Å². The van der Waals surface area contributed by atoms with Crippen molar-refractivity contribution in [3.63, 3.8) is 0 Å². The molecule has 0 atom stereocenters. The number of amides is 1. The van der Waals surface area contributed by atoms with Gasteiger partial charge in [0.25, 0.3) is 5.91 Å². The lowest BCUT2D eigenvalue weighted by molar-refractivity contribution is 0.0725. The average molecular weight is 235 g/mol. The number of carbonyl (C=O) groups is 1. The lowest BCUT2D eigenvalue weighted by atomic mass is 10.1. The standard InChI is InChI=1S/C13H21N3O/c1-4-10(5-2)16(3)13(17)11-7-6-9(14)8-12(11)15/h6-8,10H,4-5,14-15H2,1-3H3. The Labute approximate surface area is 103 Å². The minimum atomic E-state index is -0.0452. The smallest absolute Gasteiger partial charge is 0.255 e. The lowest BCUT2D eigenvalue weighted by Gasteiger charge is -2.26. The van der Waals surface area contributed by atoms with Crippen molar-refractivity contribution >= 4 is 17.3 Å². The molecule has 0 aliphatic rings. The number of carbonyl (C=O) groups excluding carboxylic acids is 1. The van der Waals surface area contributed by atoms with Crippen LogP contribution in [0.4, 0.5) is 11.4 Å². The minimum Gasteiger partial charge on any atom is -0.399 e. The molecule has 1 amide bonds. The molecular weight excluding hydrogens is 214 g/mol. The topological polar surface area (TPSA) is 72.3 Å². The second kappa shape index (κ2) is 5.57. The van der Waals surface area contributed by atoms with Crippen molar-refractivity contribution in [1.82, 2.24) is 4.90 Å². The van der Waals surface area contributed by atoms with E-state index in [0.717, 1.165) is 12.8 Å². The Morgan fingerprint density at radius 3 is 2.35 bits per heavy atom. The highest BCUT2D eigenvalue weighted by atomic mass is 16.2. The lowest BCUT2D eigenvalue weighted by Crippen LogP contribution is -2.36. The molecule has 0 saturated heterocycles. The van der Waals surface area contributed by atoms with Crippen molar-refractivity contribution in [3.8, 4) is 0 Å². The fourth-order valence-electron chi connectivity index (χ4n) is 1.97. The summed E-state index contributed by atoms with van der Waals surface area (Å²) in [6.07, 6.45) is 1.88. The van der Waals surface area contributed by atoms with E-state index in [9.17, 15) is 4.79 Å². The average Bonchev–Trinajstić information content (AvgIpc) is 2.29. The van der Waals surface area contributed by atoms with Gasteiger partial charge in [-0.15, -0.1) is 0 Å². The van der Waals surface area contributed by atoms with Crippen LogP contribution >= 0.6 is 0 Å². The molecule has 0 aliphatic carbocycles. The molecule has 94 valence electrons. The third-order valence-corrected chi connectivity index (χ3v) is 3.12. The SMILES string of the molecule is CCC(CC)N(C)C(=O)c1ccc(N)cc1N. The predicted molar refractivity (Wildman–Crippen MR) is 71.7 cm³/mol. The number of benzene rings is 1. The summed E-state index contributed by atoms with van der Waals surface area (Å²) in [7, 11) is 1.82. The van der Waals surface area contributed by atoms with Crippen LogP contribution in [0.2, 0.25) is 0 Å². The summed E-state index contributed by atoms with van der Waals surface area (Å²) in [4.78, 5) is 14.0. The number of nitrogens with two attached hydrogens (primary N) is 2. The molecule has 1 aromatic carbocycles. The number of nitrogens with zero attached hydrogens (tertiary/aromatic N) is 1. The Hall–Kier alpha value is -1.71. The minimum absolute atomic E-state index is 0.0452. The van der Waals surface area contributed by atoms with Crippen LogP contribution in [0.5, 0.6) is 0 Å². The first-order chi connectivity index (χ1) is 8.01. The summed E-state index contributed by atoms with van der Waals surface area (Å²) in [6.45, 7) is 4.15. The van der Waals surface area contributed by atoms with Crippen molar-refractivity contribution in [2.45, 2.75) is 32.7 Å². The van der Waals surface area contributed by atoms with Gasteiger partial charge in [0.15, 0.2) is 0 Å². The molecule has 0 unspecified atom stereocenters. The molecule has 1 aromatic rings. The molecule has 4 heteroatoms. The molecule has 0 saturated carbocycles. The van der Waals surface area contributed by atoms with Gasteiger partial charge in [-0.2, -0.15) is 0 Å². The van der Waals surface area contributed by atoms with Crippen LogP contribution in [0.15, 0.2) is 18.2 Å². The molecule has 0 aromatic heterocycles. The van der Waals surface area contributed by atoms with Gasteiger partial charge < -0.3 is 16.4 Å². The number of hydrogen-bond acceptors (Lipinski definition) is 3. The second-order valence-electron chi connectivity index (χ2n) is 4.23. The summed E-state index contributed by atoms with van der Waals surface area (Å²) >= 11 is 0. The molecule has 1 rings (SSSR count). The van der Waals surface area contributed by atoms with Crippen LogP contribution in [-0.2, 0) is 0 Å². The fraction of sp³-hybridized carbons (Fsp3) is 0.462. The zero-order valence-corrected chi connectivity index (χ0v) is 10.7. The molecule has 0 aliphatic heterocycles. The maximum atomic E-state index is 12.2. The summed E-state index contributed by atoms with van der Waals surface area (Å²) in [6, 6.07) is 5.25. The van der Waals surface area contributed by atoms with Gasteiger partial charge in [0.1, 0.15) is 0 Å². The summed E-state index contributed by atoms with van der Waals surface area (Å²) < 4.78 is 0. The maximum Gasteiger partial charge on any atom is 0.255 e. The van der Waals surface area contributed by atoms with E-state index < -0.39 is 0 Å². The van der Waals surface area contributed by atoms with Crippen LogP contribution in [-0.4, -0.2) is 23.9 Å². The molecule has 4 N–H and O–H groups in total. The molecule has 0 heterocycles. The van der Waals surface area contributed by atoms with Crippen LogP contribution in [0.3, 0.4) is 0 Å². The van der Waals surface area contributed by atoms with Crippen LogP contribution < -0.4 is 11.5 Å². The summed E-state index contributed by atoms with van der Waals surface area (Å²) in [5.41, 5.74) is 13.0. The Balaban J connectivity index is 2.96.